The lowest BCUT2D eigenvalue weighted by Crippen LogP contribution is -2.30. The third-order valence-corrected chi connectivity index (χ3v) is 3.84. The highest BCUT2D eigenvalue weighted by molar-refractivity contribution is 5.86. The molecule has 4 nitrogen and oxygen atoms in total. The van der Waals surface area contributed by atoms with Crippen LogP contribution in [0.5, 0.6) is 5.75 Å². The number of nitrogens with one attached hydrogen (secondary N) is 1. The minimum Gasteiger partial charge on any atom is -0.497 e. The van der Waals surface area contributed by atoms with Crippen molar-refractivity contribution >= 4 is 11.5 Å². The zero-order valence-electron chi connectivity index (χ0n) is 12.5. The lowest BCUT2D eigenvalue weighted by atomic mass is 9.98. The van der Waals surface area contributed by atoms with E-state index in [1.54, 1.807) is 7.11 Å². The summed E-state index contributed by atoms with van der Waals surface area (Å²) in [7, 11) is 1.64. The average Bonchev–Trinajstić information content (AvgIpc) is 3.00. The number of hydrogen-bond donors (Lipinski definition) is 1. The lowest BCUT2D eigenvalue weighted by molar-refractivity contribution is -0.122. The number of ketones is 1. The Bertz CT molecular complexity index is 625. The van der Waals surface area contributed by atoms with E-state index in [1.165, 1.54) is 0 Å². The summed E-state index contributed by atoms with van der Waals surface area (Å²) in [5, 5.41) is 3.42. The first kappa shape index (κ1) is 14.6. The van der Waals surface area contributed by atoms with E-state index in [4.69, 9.17) is 9.47 Å². The van der Waals surface area contributed by atoms with Crippen LogP contribution in [0.4, 0.5) is 5.69 Å². The van der Waals surface area contributed by atoms with Gasteiger partial charge in [-0.25, -0.2) is 0 Å². The Morgan fingerprint density at radius 3 is 2.45 bits per heavy atom. The number of ether oxygens (including phenoxy) is 2. The van der Waals surface area contributed by atoms with Gasteiger partial charge in [0, 0.05) is 12.1 Å². The van der Waals surface area contributed by atoms with Gasteiger partial charge in [-0.05, 0) is 29.8 Å². The maximum atomic E-state index is 12.1. The van der Waals surface area contributed by atoms with Gasteiger partial charge in [0.05, 0.1) is 19.8 Å². The number of rotatable bonds is 5. The molecule has 1 saturated heterocycles. The van der Waals surface area contributed by atoms with Crippen LogP contribution in [0.3, 0.4) is 0 Å². The van der Waals surface area contributed by atoms with Gasteiger partial charge in [-0.15, -0.1) is 0 Å². The number of benzene rings is 2. The molecule has 1 aliphatic rings. The molecule has 1 heterocycles. The summed E-state index contributed by atoms with van der Waals surface area (Å²) >= 11 is 0. The Morgan fingerprint density at radius 1 is 1.14 bits per heavy atom. The number of hydrogen-bond acceptors (Lipinski definition) is 4. The molecule has 1 N–H and O–H groups in total. The monoisotopic (exact) mass is 297 g/mol. The predicted octanol–water partition coefficient (Wildman–Crippen LogP) is 3.21. The molecule has 0 aliphatic carbocycles. The van der Waals surface area contributed by atoms with Crippen molar-refractivity contribution in [3.05, 3.63) is 60.2 Å². The number of methoxy groups -OCH3 is 1. The molecule has 1 fully saturated rings. The zero-order chi connectivity index (χ0) is 15.4. The van der Waals surface area contributed by atoms with E-state index < -0.39 is 6.10 Å². The van der Waals surface area contributed by atoms with Gasteiger partial charge in [-0.2, -0.15) is 0 Å². The Kier molecular flexibility index (Phi) is 4.39. The van der Waals surface area contributed by atoms with Crippen LogP contribution in [-0.2, 0) is 9.53 Å². The fourth-order valence-corrected chi connectivity index (χ4v) is 2.66. The van der Waals surface area contributed by atoms with Gasteiger partial charge in [0.25, 0.3) is 0 Å². The van der Waals surface area contributed by atoms with Crippen LogP contribution < -0.4 is 10.1 Å². The van der Waals surface area contributed by atoms with Gasteiger partial charge in [0.15, 0.2) is 5.78 Å². The van der Waals surface area contributed by atoms with Gasteiger partial charge in [-0.3, -0.25) is 4.79 Å². The molecule has 0 saturated carbocycles. The molecule has 0 aromatic heterocycles. The summed E-state index contributed by atoms with van der Waals surface area (Å²) < 4.78 is 10.8. The largest absolute Gasteiger partial charge is 0.497 e. The van der Waals surface area contributed by atoms with Crippen molar-refractivity contribution in [1.82, 2.24) is 0 Å². The first-order valence-electron chi connectivity index (χ1n) is 7.38. The lowest BCUT2D eigenvalue weighted by Gasteiger charge is -2.25. The fraction of sp³-hybridized carbons (Fsp3) is 0.278. The van der Waals surface area contributed by atoms with Gasteiger partial charge >= 0.3 is 0 Å². The van der Waals surface area contributed by atoms with Crippen molar-refractivity contribution in [2.24, 2.45) is 0 Å². The molecule has 2 atom stereocenters. The highest BCUT2D eigenvalue weighted by atomic mass is 16.5. The van der Waals surface area contributed by atoms with Crippen LogP contribution in [0.1, 0.15) is 18.0 Å². The second-order valence-corrected chi connectivity index (χ2v) is 5.27. The van der Waals surface area contributed by atoms with Crippen molar-refractivity contribution in [2.45, 2.75) is 18.6 Å². The Balaban J connectivity index is 1.86. The van der Waals surface area contributed by atoms with Gasteiger partial charge in [0.2, 0.25) is 0 Å². The molecule has 0 amide bonds. The van der Waals surface area contributed by atoms with Crippen LogP contribution >= 0.6 is 0 Å². The molecule has 4 heteroatoms. The molecular formula is C18H19NO3. The van der Waals surface area contributed by atoms with Crippen molar-refractivity contribution in [1.29, 1.82) is 0 Å². The molecule has 3 rings (SSSR count). The summed E-state index contributed by atoms with van der Waals surface area (Å²) in [5.74, 6) is 0.949. The minimum atomic E-state index is -0.440. The van der Waals surface area contributed by atoms with Crippen molar-refractivity contribution < 1.29 is 14.3 Å². The maximum Gasteiger partial charge on any atom is 0.166 e. The predicted molar refractivity (Wildman–Crippen MR) is 85.2 cm³/mol. The van der Waals surface area contributed by atoms with Crippen molar-refractivity contribution in [2.75, 3.05) is 19.0 Å². The summed E-state index contributed by atoms with van der Waals surface area (Å²) in [6, 6.07) is 17.4. The van der Waals surface area contributed by atoms with E-state index >= 15 is 0 Å². The number of carbonyl (C=O) groups excluding carboxylic acids is 1. The van der Waals surface area contributed by atoms with Crippen LogP contribution in [0.2, 0.25) is 0 Å². The third kappa shape index (κ3) is 3.12. The molecule has 0 spiro atoms. The zero-order valence-corrected chi connectivity index (χ0v) is 12.5. The quantitative estimate of drug-likeness (QED) is 0.920. The van der Waals surface area contributed by atoms with E-state index in [2.05, 4.69) is 5.32 Å². The number of carbonyl (C=O) groups is 1. The third-order valence-electron chi connectivity index (χ3n) is 3.84. The molecule has 22 heavy (non-hydrogen) atoms. The van der Waals surface area contributed by atoms with Gasteiger partial charge in [0.1, 0.15) is 11.9 Å². The second kappa shape index (κ2) is 6.62. The van der Waals surface area contributed by atoms with E-state index in [-0.39, 0.29) is 11.8 Å². The first-order valence-corrected chi connectivity index (χ1v) is 7.38. The van der Waals surface area contributed by atoms with Gasteiger partial charge in [-0.1, -0.05) is 30.3 Å². The van der Waals surface area contributed by atoms with E-state index in [0.717, 1.165) is 17.0 Å². The highest BCUT2D eigenvalue weighted by Crippen LogP contribution is 2.29. The Morgan fingerprint density at radius 2 is 1.86 bits per heavy atom. The van der Waals surface area contributed by atoms with Crippen LogP contribution in [0, 0.1) is 0 Å². The normalized spacial score (nSPS) is 19.0. The Labute approximate surface area is 130 Å². The summed E-state index contributed by atoms with van der Waals surface area (Å²) in [6.07, 6.45) is 0.0441. The summed E-state index contributed by atoms with van der Waals surface area (Å²) in [5.41, 5.74) is 1.97. The molecule has 0 unspecified atom stereocenters. The van der Waals surface area contributed by atoms with Crippen LogP contribution in [-0.4, -0.2) is 25.6 Å². The van der Waals surface area contributed by atoms with Crippen molar-refractivity contribution in [3.63, 3.8) is 0 Å². The topological polar surface area (TPSA) is 47.6 Å². The number of Topliss-reactive ketones (excluding diaryl/α,β-unsaturated/α-hetero) is 1. The van der Waals surface area contributed by atoms with Crippen LogP contribution in [0.15, 0.2) is 54.6 Å². The molecule has 114 valence electrons. The molecule has 0 radical (unpaired) electrons. The molecule has 0 bridgehead atoms. The Hall–Kier alpha value is -2.33. The average molecular weight is 297 g/mol. The number of anilines is 1. The maximum absolute atomic E-state index is 12.1. The standard InChI is InChI=1S/C18H19NO3/c1-21-15-9-7-14(8-10-15)19-17(13-5-3-2-4-6-13)18-16(20)11-12-22-18/h2-10,17-19H,11-12H2,1H3/t17-,18-/m0/s1. The molecule has 1 aliphatic heterocycles. The second-order valence-electron chi connectivity index (χ2n) is 5.27. The SMILES string of the molecule is COc1ccc(N[C@@H](c2ccccc2)[C@H]2OCCC2=O)cc1. The highest BCUT2D eigenvalue weighted by Gasteiger charge is 2.34. The van der Waals surface area contributed by atoms with Gasteiger partial charge < -0.3 is 14.8 Å². The molecule has 2 aromatic rings. The minimum absolute atomic E-state index is 0.148. The van der Waals surface area contributed by atoms with Crippen molar-refractivity contribution in [3.8, 4) is 5.75 Å². The molecular weight excluding hydrogens is 278 g/mol. The van der Waals surface area contributed by atoms with E-state index in [1.807, 2.05) is 54.6 Å². The van der Waals surface area contributed by atoms with E-state index in [0.29, 0.717) is 13.0 Å². The smallest absolute Gasteiger partial charge is 0.166 e. The van der Waals surface area contributed by atoms with Crippen LogP contribution in [0.25, 0.3) is 0 Å². The summed E-state index contributed by atoms with van der Waals surface area (Å²) in [4.78, 5) is 12.1. The summed E-state index contributed by atoms with van der Waals surface area (Å²) in [6.45, 7) is 0.497. The first-order chi connectivity index (χ1) is 10.8. The molecule has 2 aromatic carbocycles. The fourth-order valence-electron chi connectivity index (χ4n) is 2.66. The van der Waals surface area contributed by atoms with E-state index in [9.17, 15) is 4.79 Å².